The first-order chi connectivity index (χ1) is 12.3. The number of nitrogens with zero attached hydrogens (tertiary/aromatic N) is 4. The standard InChI is InChI=1S/C19H25N5O/c1-2-9-25-13-14-5-8-24(12-14)19-16-10-21-11-17(16)22-18(23-19)15-3-6-20-7-4-15/h3-4,6-7,14,21H,2,5,8-13H2,1H3. The largest absolute Gasteiger partial charge is 0.381 e. The minimum Gasteiger partial charge on any atom is -0.381 e. The Kier molecular flexibility index (Phi) is 4.90. The molecule has 1 saturated heterocycles. The van der Waals surface area contributed by atoms with Gasteiger partial charge in [0.2, 0.25) is 0 Å². The molecular weight excluding hydrogens is 314 g/mol. The normalized spacial score (nSPS) is 19.4. The molecule has 0 amide bonds. The van der Waals surface area contributed by atoms with Crippen LogP contribution in [0.15, 0.2) is 24.5 Å². The van der Waals surface area contributed by atoms with Crippen LogP contribution < -0.4 is 10.2 Å². The van der Waals surface area contributed by atoms with E-state index in [-0.39, 0.29) is 0 Å². The smallest absolute Gasteiger partial charge is 0.161 e. The predicted octanol–water partition coefficient (Wildman–Crippen LogP) is 2.39. The molecule has 4 heterocycles. The van der Waals surface area contributed by atoms with Gasteiger partial charge < -0.3 is 15.0 Å². The van der Waals surface area contributed by atoms with Crippen molar-refractivity contribution >= 4 is 5.82 Å². The molecule has 0 saturated carbocycles. The van der Waals surface area contributed by atoms with Crippen molar-refractivity contribution in [1.29, 1.82) is 0 Å². The molecule has 0 aromatic carbocycles. The number of ether oxygens (including phenoxy) is 1. The van der Waals surface area contributed by atoms with Crippen LogP contribution in [0.4, 0.5) is 5.82 Å². The van der Waals surface area contributed by atoms with Gasteiger partial charge in [0.15, 0.2) is 5.82 Å². The lowest BCUT2D eigenvalue weighted by Crippen LogP contribution is -2.24. The van der Waals surface area contributed by atoms with Crippen molar-refractivity contribution in [3.8, 4) is 11.4 Å². The molecule has 1 fully saturated rings. The minimum absolute atomic E-state index is 0.593. The third-order valence-electron chi connectivity index (χ3n) is 4.89. The second-order valence-electron chi connectivity index (χ2n) is 6.81. The van der Waals surface area contributed by atoms with Gasteiger partial charge in [0.25, 0.3) is 0 Å². The maximum absolute atomic E-state index is 5.76. The zero-order chi connectivity index (χ0) is 17.1. The molecule has 2 aromatic rings. The molecule has 0 bridgehead atoms. The number of nitrogens with one attached hydrogen (secondary N) is 1. The maximum Gasteiger partial charge on any atom is 0.161 e. The van der Waals surface area contributed by atoms with Gasteiger partial charge in [-0.15, -0.1) is 0 Å². The van der Waals surface area contributed by atoms with E-state index >= 15 is 0 Å². The summed E-state index contributed by atoms with van der Waals surface area (Å²) in [7, 11) is 0. The van der Waals surface area contributed by atoms with Gasteiger partial charge in [-0.2, -0.15) is 0 Å². The Hall–Kier alpha value is -2.05. The molecule has 1 N–H and O–H groups in total. The summed E-state index contributed by atoms with van der Waals surface area (Å²) in [5, 5.41) is 3.42. The van der Waals surface area contributed by atoms with Gasteiger partial charge in [-0.1, -0.05) is 6.92 Å². The molecule has 6 heteroatoms. The monoisotopic (exact) mass is 339 g/mol. The van der Waals surface area contributed by atoms with Gasteiger partial charge in [-0.25, -0.2) is 9.97 Å². The average molecular weight is 339 g/mol. The highest BCUT2D eigenvalue weighted by atomic mass is 16.5. The van der Waals surface area contributed by atoms with Crippen molar-refractivity contribution in [3.63, 3.8) is 0 Å². The van der Waals surface area contributed by atoms with Crippen molar-refractivity contribution in [1.82, 2.24) is 20.3 Å². The van der Waals surface area contributed by atoms with Gasteiger partial charge >= 0.3 is 0 Å². The molecule has 1 atom stereocenters. The predicted molar refractivity (Wildman–Crippen MR) is 97.2 cm³/mol. The minimum atomic E-state index is 0.593. The van der Waals surface area contributed by atoms with Crippen LogP contribution in [0.25, 0.3) is 11.4 Å². The number of rotatable bonds is 6. The molecule has 0 radical (unpaired) electrons. The van der Waals surface area contributed by atoms with E-state index in [4.69, 9.17) is 14.7 Å². The molecule has 132 valence electrons. The van der Waals surface area contributed by atoms with E-state index in [0.717, 1.165) is 68.7 Å². The highest BCUT2D eigenvalue weighted by Crippen LogP contribution is 2.31. The Morgan fingerprint density at radius 1 is 1.24 bits per heavy atom. The summed E-state index contributed by atoms with van der Waals surface area (Å²) in [4.78, 5) is 16.2. The molecule has 2 aromatic heterocycles. The van der Waals surface area contributed by atoms with E-state index in [9.17, 15) is 0 Å². The Morgan fingerprint density at radius 2 is 2.12 bits per heavy atom. The molecule has 0 spiro atoms. The van der Waals surface area contributed by atoms with Gasteiger partial charge in [0.1, 0.15) is 5.82 Å². The average Bonchev–Trinajstić information content (AvgIpc) is 3.31. The first-order valence-corrected chi connectivity index (χ1v) is 9.18. The quantitative estimate of drug-likeness (QED) is 0.816. The number of aromatic nitrogens is 3. The molecule has 2 aliphatic rings. The summed E-state index contributed by atoms with van der Waals surface area (Å²) in [6.07, 6.45) is 5.83. The van der Waals surface area contributed by atoms with E-state index < -0.39 is 0 Å². The summed E-state index contributed by atoms with van der Waals surface area (Å²) in [5.41, 5.74) is 3.41. The van der Waals surface area contributed by atoms with Gasteiger partial charge in [0, 0.05) is 62.2 Å². The van der Waals surface area contributed by atoms with Crippen LogP contribution in [-0.2, 0) is 17.8 Å². The fourth-order valence-electron chi connectivity index (χ4n) is 3.60. The van der Waals surface area contributed by atoms with E-state index in [0.29, 0.717) is 5.92 Å². The lowest BCUT2D eigenvalue weighted by molar-refractivity contribution is 0.106. The van der Waals surface area contributed by atoms with Crippen LogP contribution in [0.3, 0.4) is 0 Å². The molecule has 0 aliphatic carbocycles. The third-order valence-corrected chi connectivity index (χ3v) is 4.89. The lowest BCUT2D eigenvalue weighted by Gasteiger charge is -2.21. The van der Waals surface area contributed by atoms with E-state index in [1.54, 1.807) is 12.4 Å². The second-order valence-corrected chi connectivity index (χ2v) is 6.81. The Labute approximate surface area is 148 Å². The summed E-state index contributed by atoms with van der Waals surface area (Å²) in [6.45, 7) is 7.60. The Bertz CT molecular complexity index is 721. The van der Waals surface area contributed by atoms with Crippen molar-refractivity contribution in [2.45, 2.75) is 32.9 Å². The van der Waals surface area contributed by atoms with Gasteiger partial charge in [0.05, 0.1) is 12.3 Å². The van der Waals surface area contributed by atoms with E-state index in [1.807, 2.05) is 12.1 Å². The van der Waals surface area contributed by atoms with Crippen molar-refractivity contribution in [3.05, 3.63) is 35.8 Å². The van der Waals surface area contributed by atoms with Crippen molar-refractivity contribution in [2.75, 3.05) is 31.2 Å². The Morgan fingerprint density at radius 3 is 2.96 bits per heavy atom. The highest BCUT2D eigenvalue weighted by molar-refractivity contribution is 5.61. The van der Waals surface area contributed by atoms with Crippen LogP contribution in [0.1, 0.15) is 31.0 Å². The fourth-order valence-corrected chi connectivity index (χ4v) is 3.60. The highest BCUT2D eigenvalue weighted by Gasteiger charge is 2.29. The number of fused-ring (bicyclic) bond motifs is 1. The zero-order valence-electron chi connectivity index (χ0n) is 14.7. The number of hydrogen-bond donors (Lipinski definition) is 1. The van der Waals surface area contributed by atoms with Crippen LogP contribution in [0.5, 0.6) is 0 Å². The number of anilines is 1. The van der Waals surface area contributed by atoms with Crippen LogP contribution in [0, 0.1) is 5.92 Å². The molecule has 6 nitrogen and oxygen atoms in total. The number of pyridine rings is 1. The van der Waals surface area contributed by atoms with Crippen LogP contribution in [-0.4, -0.2) is 41.3 Å². The first-order valence-electron chi connectivity index (χ1n) is 9.18. The van der Waals surface area contributed by atoms with Crippen molar-refractivity contribution < 1.29 is 4.74 Å². The summed E-state index contributed by atoms with van der Waals surface area (Å²) in [6, 6.07) is 3.94. The zero-order valence-corrected chi connectivity index (χ0v) is 14.7. The number of hydrogen-bond acceptors (Lipinski definition) is 6. The Balaban J connectivity index is 1.58. The molecule has 2 aliphatic heterocycles. The van der Waals surface area contributed by atoms with Crippen molar-refractivity contribution in [2.24, 2.45) is 5.92 Å². The topological polar surface area (TPSA) is 63.2 Å². The van der Waals surface area contributed by atoms with E-state index in [1.165, 1.54) is 12.0 Å². The lowest BCUT2D eigenvalue weighted by atomic mass is 10.1. The first kappa shape index (κ1) is 16.4. The van der Waals surface area contributed by atoms with Crippen LogP contribution in [0.2, 0.25) is 0 Å². The van der Waals surface area contributed by atoms with Gasteiger partial charge in [-0.3, -0.25) is 4.98 Å². The second kappa shape index (κ2) is 7.45. The summed E-state index contributed by atoms with van der Waals surface area (Å²) >= 11 is 0. The van der Waals surface area contributed by atoms with E-state index in [2.05, 4.69) is 22.1 Å². The maximum atomic E-state index is 5.76. The van der Waals surface area contributed by atoms with Gasteiger partial charge in [-0.05, 0) is 25.0 Å². The third kappa shape index (κ3) is 3.50. The molecule has 4 rings (SSSR count). The van der Waals surface area contributed by atoms with Crippen LogP contribution >= 0.6 is 0 Å². The summed E-state index contributed by atoms with van der Waals surface area (Å²) in [5.74, 6) is 2.49. The fraction of sp³-hybridized carbons (Fsp3) is 0.526. The molecular formula is C19H25N5O. The summed E-state index contributed by atoms with van der Waals surface area (Å²) < 4.78 is 5.76. The molecule has 25 heavy (non-hydrogen) atoms. The SMILES string of the molecule is CCCOCC1CCN(c2nc(-c3ccncc3)nc3c2CNC3)C1. The molecule has 1 unspecified atom stereocenters.